The minimum atomic E-state index is -0.341. The van der Waals surface area contributed by atoms with E-state index in [2.05, 4.69) is 14.7 Å². The molecule has 0 aromatic carbocycles. The van der Waals surface area contributed by atoms with E-state index in [0.717, 1.165) is 0 Å². The van der Waals surface area contributed by atoms with Crippen LogP contribution in [0.25, 0.3) is 0 Å². The lowest BCUT2D eigenvalue weighted by atomic mass is 10.5. The number of ether oxygens (including phenoxy) is 1. The molecule has 1 heterocycles. The lowest BCUT2D eigenvalue weighted by Gasteiger charge is -1.99. The molecule has 1 aromatic rings. The van der Waals surface area contributed by atoms with Crippen molar-refractivity contribution < 1.29 is 9.53 Å². The summed E-state index contributed by atoms with van der Waals surface area (Å²) in [6.45, 7) is 1.48. The van der Waals surface area contributed by atoms with Crippen LogP contribution in [-0.2, 0) is 16.1 Å². The Bertz CT molecular complexity index is 273. The highest BCUT2D eigenvalue weighted by molar-refractivity contribution is 6.29. The molecule has 64 valence electrons. The van der Waals surface area contributed by atoms with E-state index < -0.39 is 0 Å². The van der Waals surface area contributed by atoms with Gasteiger partial charge in [0.25, 0.3) is 0 Å². The summed E-state index contributed by atoms with van der Waals surface area (Å²) < 4.78 is 4.68. The lowest BCUT2D eigenvalue weighted by molar-refractivity contribution is -0.142. The minimum Gasteiger partial charge on any atom is -0.459 e. The predicted molar refractivity (Wildman–Crippen MR) is 42.5 cm³/mol. The summed E-state index contributed by atoms with van der Waals surface area (Å²) in [6.07, 6.45) is 2.87. The standard InChI is InChI=1S/C7H7ClN2O2/c1-5(11)12-4-6-2-10-7(8)3-9-6/h2-3H,4H2,1H3. The van der Waals surface area contributed by atoms with Crippen molar-refractivity contribution in [2.75, 3.05) is 0 Å². The summed E-state index contributed by atoms with van der Waals surface area (Å²) in [5.41, 5.74) is 0.578. The predicted octanol–water partition coefficient (Wildman–Crippen LogP) is 1.19. The van der Waals surface area contributed by atoms with E-state index in [4.69, 9.17) is 11.6 Å². The molecule has 0 spiro atoms. The third-order valence-electron chi connectivity index (χ3n) is 1.10. The van der Waals surface area contributed by atoms with Crippen LogP contribution in [0.2, 0.25) is 5.15 Å². The van der Waals surface area contributed by atoms with Gasteiger partial charge in [-0.2, -0.15) is 0 Å². The normalized spacial score (nSPS) is 9.50. The van der Waals surface area contributed by atoms with Gasteiger partial charge in [-0.25, -0.2) is 4.98 Å². The van der Waals surface area contributed by atoms with E-state index in [1.54, 1.807) is 0 Å². The number of carbonyl (C=O) groups excluding carboxylic acids is 1. The summed E-state index contributed by atoms with van der Waals surface area (Å²) in [5, 5.41) is 0.321. The Morgan fingerprint density at radius 1 is 1.58 bits per heavy atom. The Labute approximate surface area is 74.5 Å². The molecule has 1 rings (SSSR count). The Balaban J connectivity index is 2.53. The van der Waals surface area contributed by atoms with Crippen molar-refractivity contribution in [3.8, 4) is 0 Å². The molecule has 4 nitrogen and oxygen atoms in total. The Morgan fingerprint density at radius 3 is 2.83 bits per heavy atom. The van der Waals surface area contributed by atoms with Gasteiger partial charge in [-0.05, 0) is 0 Å². The van der Waals surface area contributed by atoms with Crippen LogP contribution < -0.4 is 0 Å². The smallest absolute Gasteiger partial charge is 0.303 e. The molecular weight excluding hydrogens is 180 g/mol. The van der Waals surface area contributed by atoms with E-state index >= 15 is 0 Å². The van der Waals surface area contributed by atoms with Gasteiger partial charge in [-0.15, -0.1) is 0 Å². The number of esters is 1. The SMILES string of the molecule is CC(=O)OCc1cnc(Cl)cn1. The fourth-order valence-corrected chi connectivity index (χ4v) is 0.687. The molecule has 0 saturated heterocycles. The summed E-state index contributed by atoms with van der Waals surface area (Å²) in [4.78, 5) is 18.0. The number of hydrogen-bond acceptors (Lipinski definition) is 4. The van der Waals surface area contributed by atoms with Gasteiger partial charge in [0.1, 0.15) is 11.8 Å². The first-order valence-corrected chi connectivity index (χ1v) is 3.66. The first kappa shape index (κ1) is 8.93. The zero-order valence-corrected chi connectivity index (χ0v) is 7.21. The average molecular weight is 187 g/mol. The zero-order chi connectivity index (χ0) is 8.97. The fraction of sp³-hybridized carbons (Fsp3) is 0.286. The minimum absolute atomic E-state index is 0.138. The molecule has 0 N–H and O–H groups in total. The van der Waals surface area contributed by atoms with Crippen molar-refractivity contribution in [3.05, 3.63) is 23.2 Å². The van der Waals surface area contributed by atoms with Gasteiger partial charge in [-0.3, -0.25) is 9.78 Å². The molecule has 0 saturated carbocycles. The number of hydrogen-bond donors (Lipinski definition) is 0. The van der Waals surface area contributed by atoms with Crippen LogP contribution in [0.15, 0.2) is 12.4 Å². The van der Waals surface area contributed by atoms with Gasteiger partial charge in [0.2, 0.25) is 0 Å². The molecule has 0 aliphatic carbocycles. The maximum atomic E-state index is 10.4. The summed E-state index contributed by atoms with van der Waals surface area (Å²) in [5.74, 6) is -0.341. The van der Waals surface area contributed by atoms with E-state index in [1.165, 1.54) is 19.3 Å². The molecular formula is C7H7ClN2O2. The van der Waals surface area contributed by atoms with E-state index in [0.29, 0.717) is 10.8 Å². The molecule has 0 amide bonds. The molecule has 0 unspecified atom stereocenters. The monoisotopic (exact) mass is 186 g/mol. The topological polar surface area (TPSA) is 52.1 Å². The van der Waals surface area contributed by atoms with Crippen LogP contribution in [0.1, 0.15) is 12.6 Å². The van der Waals surface area contributed by atoms with E-state index in [1.807, 2.05) is 0 Å². The maximum Gasteiger partial charge on any atom is 0.303 e. The second kappa shape index (κ2) is 4.01. The van der Waals surface area contributed by atoms with Crippen molar-refractivity contribution in [1.29, 1.82) is 0 Å². The van der Waals surface area contributed by atoms with E-state index in [-0.39, 0.29) is 12.6 Å². The molecule has 0 bridgehead atoms. The fourth-order valence-electron chi connectivity index (χ4n) is 0.589. The Hall–Kier alpha value is -1.16. The van der Waals surface area contributed by atoms with Crippen molar-refractivity contribution in [3.63, 3.8) is 0 Å². The second-order valence-corrected chi connectivity index (χ2v) is 2.50. The highest BCUT2D eigenvalue weighted by atomic mass is 35.5. The van der Waals surface area contributed by atoms with Gasteiger partial charge >= 0.3 is 5.97 Å². The van der Waals surface area contributed by atoms with Crippen molar-refractivity contribution >= 4 is 17.6 Å². The number of nitrogens with zero attached hydrogens (tertiary/aromatic N) is 2. The Morgan fingerprint density at radius 2 is 2.33 bits per heavy atom. The molecule has 0 aliphatic heterocycles. The molecule has 12 heavy (non-hydrogen) atoms. The first-order valence-electron chi connectivity index (χ1n) is 3.28. The third-order valence-corrected chi connectivity index (χ3v) is 1.29. The van der Waals surface area contributed by atoms with Gasteiger partial charge in [0, 0.05) is 6.92 Å². The first-order chi connectivity index (χ1) is 5.68. The van der Waals surface area contributed by atoms with Crippen LogP contribution in [0.5, 0.6) is 0 Å². The number of aromatic nitrogens is 2. The third kappa shape index (κ3) is 2.84. The molecule has 1 aromatic heterocycles. The second-order valence-electron chi connectivity index (χ2n) is 2.11. The van der Waals surface area contributed by atoms with Crippen LogP contribution in [0, 0.1) is 0 Å². The van der Waals surface area contributed by atoms with Crippen molar-refractivity contribution in [1.82, 2.24) is 9.97 Å². The lowest BCUT2D eigenvalue weighted by Crippen LogP contribution is -2.00. The molecule has 0 aliphatic rings. The Kier molecular flexibility index (Phi) is 2.99. The average Bonchev–Trinajstić information content (AvgIpc) is 2.03. The molecule has 5 heteroatoms. The van der Waals surface area contributed by atoms with E-state index in [9.17, 15) is 4.79 Å². The quantitative estimate of drug-likeness (QED) is 0.652. The van der Waals surface area contributed by atoms with Gasteiger partial charge in [0.15, 0.2) is 0 Å². The van der Waals surface area contributed by atoms with Gasteiger partial charge < -0.3 is 4.74 Å². The van der Waals surface area contributed by atoms with Crippen molar-refractivity contribution in [2.24, 2.45) is 0 Å². The van der Waals surface area contributed by atoms with Crippen molar-refractivity contribution in [2.45, 2.75) is 13.5 Å². The van der Waals surface area contributed by atoms with Gasteiger partial charge in [-0.1, -0.05) is 11.6 Å². The summed E-state index contributed by atoms with van der Waals surface area (Å²) >= 11 is 5.49. The highest BCUT2D eigenvalue weighted by Gasteiger charge is 1.97. The van der Waals surface area contributed by atoms with Crippen LogP contribution in [-0.4, -0.2) is 15.9 Å². The maximum absolute atomic E-state index is 10.4. The number of rotatable bonds is 2. The largest absolute Gasteiger partial charge is 0.459 e. The highest BCUT2D eigenvalue weighted by Crippen LogP contribution is 2.01. The zero-order valence-electron chi connectivity index (χ0n) is 6.45. The number of carbonyl (C=O) groups is 1. The van der Waals surface area contributed by atoms with Crippen LogP contribution >= 0.6 is 11.6 Å². The molecule has 0 fully saturated rings. The summed E-state index contributed by atoms with van der Waals surface area (Å²) in [6, 6.07) is 0. The summed E-state index contributed by atoms with van der Waals surface area (Å²) in [7, 11) is 0. The van der Waals surface area contributed by atoms with Gasteiger partial charge in [0.05, 0.1) is 18.1 Å². The molecule has 0 radical (unpaired) electrons. The molecule has 0 atom stereocenters. The number of halogens is 1. The van der Waals surface area contributed by atoms with Crippen LogP contribution in [0.4, 0.5) is 0 Å². The van der Waals surface area contributed by atoms with Crippen LogP contribution in [0.3, 0.4) is 0 Å².